The van der Waals surface area contributed by atoms with Crippen molar-refractivity contribution in [2.45, 2.75) is 39.4 Å². The minimum atomic E-state index is -2.56. The molecule has 0 N–H and O–H groups in total. The Morgan fingerprint density at radius 2 is 1.86 bits per heavy atom. The topological polar surface area (TPSA) is 27.7 Å². The molecule has 0 radical (unpaired) electrons. The van der Waals surface area contributed by atoms with E-state index in [1.165, 1.54) is 9.38 Å². The highest BCUT2D eigenvalue weighted by molar-refractivity contribution is 8.07. The maximum absolute atomic E-state index is 5.74. The first-order valence-electron chi connectivity index (χ1n) is 7.60. The van der Waals surface area contributed by atoms with Crippen molar-refractivity contribution in [3.05, 3.63) is 29.7 Å². The summed E-state index contributed by atoms with van der Waals surface area (Å²) in [6, 6.07) is 5.57. The van der Waals surface area contributed by atoms with Crippen LogP contribution >= 0.6 is 18.1 Å². The first kappa shape index (κ1) is 20.2. The third-order valence-electron chi connectivity index (χ3n) is 3.16. The number of rotatable bonds is 11. The van der Waals surface area contributed by atoms with E-state index in [0.717, 1.165) is 12.5 Å². The molecule has 0 saturated heterocycles. The fraction of sp³-hybridized carbons (Fsp3) is 0.600. The van der Waals surface area contributed by atoms with Gasteiger partial charge in [0.15, 0.2) is 0 Å². The van der Waals surface area contributed by atoms with Crippen LogP contribution < -0.4 is 4.50 Å². The minimum Gasteiger partial charge on any atom is -0.309 e. The molecule has 0 amide bonds. The number of hydrogen-bond acceptors (Lipinski definition) is 5. The van der Waals surface area contributed by atoms with Gasteiger partial charge in [-0.1, -0.05) is 25.2 Å². The van der Waals surface area contributed by atoms with Crippen molar-refractivity contribution in [2.75, 3.05) is 19.8 Å². The summed E-state index contributed by atoms with van der Waals surface area (Å²) in [5.74, 6) is 0. The van der Waals surface area contributed by atoms with Gasteiger partial charge in [-0.05, 0) is 42.3 Å². The summed E-state index contributed by atoms with van der Waals surface area (Å²) >= 11 is 7.25. The van der Waals surface area contributed by atoms with Gasteiger partial charge in [0.05, 0.1) is 27.9 Å². The molecule has 0 atom stereocenters. The van der Waals surface area contributed by atoms with Crippen LogP contribution in [0.25, 0.3) is 0 Å². The van der Waals surface area contributed by atoms with Crippen LogP contribution in [-0.4, -0.2) is 27.9 Å². The molecule has 0 unspecified atom stereocenters. The summed E-state index contributed by atoms with van der Waals surface area (Å²) in [5, 5.41) is 0. The van der Waals surface area contributed by atoms with Gasteiger partial charge in [-0.2, -0.15) is 0 Å². The van der Waals surface area contributed by atoms with Gasteiger partial charge in [0, 0.05) is 11.3 Å². The molecule has 0 spiro atoms. The zero-order valence-electron chi connectivity index (χ0n) is 14.0. The van der Waals surface area contributed by atoms with E-state index in [-0.39, 0.29) is 0 Å². The second kappa shape index (κ2) is 9.47. The highest BCUT2D eigenvalue weighted by Crippen LogP contribution is 2.49. The molecule has 1 rings (SSSR count). The van der Waals surface area contributed by atoms with Gasteiger partial charge in [0.2, 0.25) is 0 Å². The molecule has 0 aromatic carbocycles. The average Bonchev–Trinajstić information content (AvgIpc) is 2.89. The predicted octanol–water partition coefficient (Wildman–Crippen LogP) is 4.71. The molecule has 0 bridgehead atoms. The van der Waals surface area contributed by atoms with Gasteiger partial charge in [-0.25, -0.2) is 0 Å². The van der Waals surface area contributed by atoms with Crippen LogP contribution in [0, 0.1) is 0 Å². The van der Waals surface area contributed by atoms with E-state index in [2.05, 4.69) is 31.8 Å². The average molecular weight is 379 g/mol. The van der Waals surface area contributed by atoms with Crippen LogP contribution in [0.3, 0.4) is 0 Å². The summed E-state index contributed by atoms with van der Waals surface area (Å²) in [4.78, 5) is 1.33. The Morgan fingerprint density at radius 3 is 2.41 bits per heavy atom. The number of hydrogen-bond donors (Lipinski definition) is 0. The van der Waals surface area contributed by atoms with E-state index in [4.69, 9.17) is 25.4 Å². The summed E-state index contributed by atoms with van der Waals surface area (Å²) < 4.78 is 18.2. The van der Waals surface area contributed by atoms with Crippen LogP contribution in [0.2, 0.25) is 19.1 Å². The monoisotopic (exact) mass is 378 g/mol. The maximum atomic E-state index is 5.74. The van der Waals surface area contributed by atoms with Crippen molar-refractivity contribution >= 4 is 42.4 Å². The van der Waals surface area contributed by atoms with Crippen molar-refractivity contribution in [1.82, 2.24) is 0 Å². The van der Waals surface area contributed by atoms with Crippen molar-refractivity contribution in [3.8, 4) is 0 Å². The highest BCUT2D eigenvalue weighted by Gasteiger charge is 2.24. The molecule has 0 aliphatic rings. The zero-order chi connectivity index (χ0) is 16.6. The van der Waals surface area contributed by atoms with Crippen LogP contribution in [0.5, 0.6) is 0 Å². The third-order valence-corrected chi connectivity index (χ3v) is 11.5. The largest absolute Gasteiger partial charge is 0.327 e. The van der Waals surface area contributed by atoms with Crippen LogP contribution in [0.4, 0.5) is 0 Å². The normalized spacial score (nSPS) is 12.5. The summed E-state index contributed by atoms with van der Waals surface area (Å²) in [7, 11) is -1.36. The first-order valence-corrected chi connectivity index (χ1v) is 14.2. The third kappa shape index (κ3) is 6.36. The SMILES string of the molecule is C=CC[Si](C)(C)c1ccc(CCOP(=S)(OCC)OCC)s1. The van der Waals surface area contributed by atoms with Crippen molar-refractivity contribution in [3.63, 3.8) is 0 Å². The lowest BCUT2D eigenvalue weighted by molar-refractivity contribution is 0.168. The standard InChI is InChI=1S/C15H27O3PS2Si/c1-6-13-22(4,5)15-10-9-14(21-15)11-12-18-19(20,16-7-2)17-8-3/h6,9-10H,1,7-8,11-13H2,2-5H3. The van der Waals surface area contributed by atoms with E-state index < -0.39 is 14.8 Å². The molecule has 0 fully saturated rings. The Labute approximate surface area is 144 Å². The van der Waals surface area contributed by atoms with E-state index >= 15 is 0 Å². The van der Waals surface area contributed by atoms with Gasteiger partial charge in [-0.3, -0.25) is 0 Å². The first-order chi connectivity index (χ1) is 10.4. The molecule has 22 heavy (non-hydrogen) atoms. The molecular weight excluding hydrogens is 351 g/mol. The molecule has 126 valence electrons. The molecule has 1 aromatic heterocycles. The number of allylic oxidation sites excluding steroid dienone is 1. The second-order valence-electron chi connectivity index (χ2n) is 5.51. The van der Waals surface area contributed by atoms with Crippen LogP contribution in [0.1, 0.15) is 18.7 Å². The minimum absolute atomic E-state index is 0.516. The molecule has 7 heteroatoms. The smallest absolute Gasteiger partial charge is 0.309 e. The summed E-state index contributed by atoms with van der Waals surface area (Å²) in [5.41, 5.74) is 0. The van der Waals surface area contributed by atoms with Gasteiger partial charge in [-0.15, -0.1) is 17.9 Å². The van der Waals surface area contributed by atoms with Crippen molar-refractivity contribution in [2.24, 2.45) is 0 Å². The lowest BCUT2D eigenvalue weighted by atomic mass is 10.4. The molecule has 3 nitrogen and oxygen atoms in total. The van der Waals surface area contributed by atoms with Gasteiger partial charge < -0.3 is 13.6 Å². The Kier molecular flexibility index (Phi) is 8.71. The molecule has 0 aliphatic carbocycles. The van der Waals surface area contributed by atoms with Gasteiger partial charge >= 0.3 is 6.72 Å². The zero-order valence-corrected chi connectivity index (χ0v) is 17.5. The predicted molar refractivity (Wildman–Crippen MR) is 104 cm³/mol. The van der Waals surface area contributed by atoms with Crippen LogP contribution in [0.15, 0.2) is 24.8 Å². The molecule has 0 aliphatic heterocycles. The lowest BCUT2D eigenvalue weighted by Crippen LogP contribution is -2.38. The molecular formula is C15H27O3PS2Si. The molecule has 1 heterocycles. The van der Waals surface area contributed by atoms with Gasteiger partial charge in [0.25, 0.3) is 0 Å². The Hall–Kier alpha value is 0.187. The Bertz CT molecular complexity index is 507. The Balaban J connectivity index is 2.57. The quantitative estimate of drug-likeness (QED) is 0.317. The second-order valence-corrected chi connectivity index (χ2v) is 14.8. The fourth-order valence-electron chi connectivity index (χ4n) is 2.02. The highest BCUT2D eigenvalue weighted by atomic mass is 32.5. The number of thiophene rings is 1. The summed E-state index contributed by atoms with van der Waals surface area (Å²) in [6.45, 7) is 11.5. The van der Waals surface area contributed by atoms with E-state index in [1.807, 2.05) is 31.3 Å². The van der Waals surface area contributed by atoms with E-state index in [1.54, 1.807) is 0 Å². The fourth-order valence-corrected chi connectivity index (χ4v) is 8.00. The van der Waals surface area contributed by atoms with Crippen molar-refractivity contribution in [1.29, 1.82) is 0 Å². The maximum Gasteiger partial charge on any atom is 0.327 e. The van der Waals surface area contributed by atoms with Crippen molar-refractivity contribution < 1.29 is 13.6 Å². The van der Waals surface area contributed by atoms with E-state index in [0.29, 0.717) is 19.8 Å². The lowest BCUT2D eigenvalue weighted by Gasteiger charge is -2.20. The van der Waals surface area contributed by atoms with E-state index in [9.17, 15) is 0 Å². The van der Waals surface area contributed by atoms with Crippen LogP contribution in [-0.2, 0) is 31.8 Å². The molecule has 0 saturated carbocycles. The Morgan fingerprint density at radius 1 is 1.23 bits per heavy atom. The summed E-state index contributed by atoms with van der Waals surface area (Å²) in [6.07, 6.45) is 2.89. The molecule has 1 aromatic rings. The van der Waals surface area contributed by atoms with Gasteiger partial charge in [0.1, 0.15) is 0 Å².